The molecule has 0 unspecified atom stereocenters. The lowest BCUT2D eigenvalue weighted by Crippen LogP contribution is -2.03. The van der Waals surface area contributed by atoms with Crippen LogP contribution in [0.1, 0.15) is 20.3 Å². The van der Waals surface area contributed by atoms with E-state index in [9.17, 15) is 4.79 Å². The predicted molar refractivity (Wildman–Crippen MR) is 40.8 cm³/mol. The molecule has 0 aromatic rings. The van der Waals surface area contributed by atoms with Gasteiger partial charge in [0.1, 0.15) is 0 Å². The molecule has 0 saturated carbocycles. The fourth-order valence-corrected chi connectivity index (χ4v) is 0.726. The maximum absolute atomic E-state index is 10.4. The molecule has 0 bridgehead atoms. The molecule has 0 aliphatic rings. The van der Waals surface area contributed by atoms with Crippen LogP contribution in [0.25, 0.3) is 0 Å². The van der Waals surface area contributed by atoms with E-state index in [1.807, 2.05) is 13.8 Å². The van der Waals surface area contributed by atoms with Crippen molar-refractivity contribution in [3.05, 3.63) is 11.6 Å². The number of rotatable bonds is 3. The standard InChI is InChI=1S/C8H11NO2/c1-6(2)5-7(3-4-9)8(10)11/h3,6H,5H2,1-2H3,(H,10,11)/b7-3-. The van der Waals surface area contributed by atoms with Crippen LogP contribution in [0.2, 0.25) is 0 Å². The van der Waals surface area contributed by atoms with E-state index >= 15 is 0 Å². The minimum Gasteiger partial charge on any atom is -0.478 e. The second-order valence-electron chi connectivity index (χ2n) is 2.70. The smallest absolute Gasteiger partial charge is 0.332 e. The van der Waals surface area contributed by atoms with Gasteiger partial charge in [0.2, 0.25) is 0 Å². The Hall–Kier alpha value is -1.30. The average molecular weight is 153 g/mol. The number of nitriles is 1. The summed E-state index contributed by atoms with van der Waals surface area (Å²) in [6.45, 7) is 3.82. The second-order valence-corrected chi connectivity index (χ2v) is 2.70. The minimum absolute atomic E-state index is 0.183. The highest BCUT2D eigenvalue weighted by Gasteiger charge is 2.08. The molecule has 3 heteroatoms. The summed E-state index contributed by atoms with van der Waals surface area (Å²) in [7, 11) is 0. The third-order valence-corrected chi connectivity index (χ3v) is 1.14. The first-order chi connectivity index (χ1) is 5.07. The maximum Gasteiger partial charge on any atom is 0.332 e. The van der Waals surface area contributed by atoms with E-state index in [1.54, 1.807) is 6.07 Å². The number of allylic oxidation sites excluding steroid dienone is 1. The molecule has 0 radical (unpaired) electrons. The number of carboxylic acids is 1. The van der Waals surface area contributed by atoms with Crippen molar-refractivity contribution in [2.75, 3.05) is 0 Å². The van der Waals surface area contributed by atoms with Gasteiger partial charge in [-0.3, -0.25) is 0 Å². The van der Waals surface area contributed by atoms with Gasteiger partial charge in [0.05, 0.1) is 6.07 Å². The van der Waals surface area contributed by atoms with Crippen molar-refractivity contribution in [2.45, 2.75) is 20.3 Å². The molecule has 0 heterocycles. The summed E-state index contributed by atoms with van der Waals surface area (Å²) in [5.41, 5.74) is 0.183. The van der Waals surface area contributed by atoms with Gasteiger partial charge in [-0.05, 0) is 12.3 Å². The van der Waals surface area contributed by atoms with Crippen LogP contribution in [-0.4, -0.2) is 11.1 Å². The summed E-state index contributed by atoms with van der Waals surface area (Å²) in [6.07, 6.45) is 1.53. The van der Waals surface area contributed by atoms with Gasteiger partial charge in [-0.1, -0.05) is 13.8 Å². The van der Waals surface area contributed by atoms with Crippen LogP contribution in [-0.2, 0) is 4.79 Å². The molecule has 60 valence electrons. The van der Waals surface area contributed by atoms with Gasteiger partial charge >= 0.3 is 5.97 Å². The Morgan fingerprint density at radius 3 is 2.55 bits per heavy atom. The van der Waals surface area contributed by atoms with Gasteiger partial charge in [-0.15, -0.1) is 0 Å². The lowest BCUT2D eigenvalue weighted by Gasteiger charge is -2.02. The molecule has 11 heavy (non-hydrogen) atoms. The van der Waals surface area contributed by atoms with Crippen LogP contribution in [0.5, 0.6) is 0 Å². The Morgan fingerprint density at radius 1 is 1.73 bits per heavy atom. The third-order valence-electron chi connectivity index (χ3n) is 1.14. The molecular weight excluding hydrogens is 142 g/mol. The number of aliphatic carboxylic acids is 1. The van der Waals surface area contributed by atoms with Gasteiger partial charge in [-0.2, -0.15) is 5.26 Å². The highest BCUT2D eigenvalue weighted by atomic mass is 16.4. The predicted octanol–water partition coefficient (Wildman–Crippen LogP) is 1.57. The van der Waals surface area contributed by atoms with Crippen molar-refractivity contribution in [1.29, 1.82) is 5.26 Å². The summed E-state index contributed by atoms with van der Waals surface area (Å²) in [4.78, 5) is 10.4. The molecule has 0 rings (SSSR count). The third kappa shape index (κ3) is 4.15. The van der Waals surface area contributed by atoms with E-state index in [2.05, 4.69) is 0 Å². The van der Waals surface area contributed by atoms with E-state index < -0.39 is 5.97 Å². The summed E-state index contributed by atoms with van der Waals surface area (Å²) in [5.74, 6) is -0.731. The largest absolute Gasteiger partial charge is 0.478 e. The summed E-state index contributed by atoms with van der Waals surface area (Å²) in [5, 5.41) is 16.7. The van der Waals surface area contributed by atoms with Crippen LogP contribution in [0, 0.1) is 17.2 Å². The molecule has 0 aromatic carbocycles. The number of hydrogen-bond acceptors (Lipinski definition) is 2. The Labute approximate surface area is 66.0 Å². The van der Waals surface area contributed by atoms with E-state index in [4.69, 9.17) is 10.4 Å². The van der Waals surface area contributed by atoms with E-state index in [0.717, 1.165) is 6.08 Å². The molecule has 0 amide bonds. The van der Waals surface area contributed by atoms with Crippen molar-refractivity contribution in [1.82, 2.24) is 0 Å². The molecule has 0 aliphatic heterocycles. The Balaban J connectivity index is 4.27. The summed E-state index contributed by atoms with van der Waals surface area (Å²) >= 11 is 0. The van der Waals surface area contributed by atoms with Crippen LogP contribution in [0.15, 0.2) is 11.6 Å². The van der Waals surface area contributed by atoms with E-state index in [-0.39, 0.29) is 11.5 Å². The number of hydrogen-bond donors (Lipinski definition) is 1. The fourth-order valence-electron chi connectivity index (χ4n) is 0.726. The molecule has 3 nitrogen and oxygen atoms in total. The average Bonchev–Trinajstić information content (AvgIpc) is 1.86. The molecule has 0 fully saturated rings. The zero-order valence-corrected chi connectivity index (χ0v) is 6.66. The topological polar surface area (TPSA) is 61.1 Å². The Morgan fingerprint density at radius 2 is 2.27 bits per heavy atom. The summed E-state index contributed by atoms with van der Waals surface area (Å²) in [6, 6.07) is 1.71. The maximum atomic E-state index is 10.4. The number of carboxylic acid groups (broad SMARTS) is 1. The highest BCUT2D eigenvalue weighted by Crippen LogP contribution is 2.09. The van der Waals surface area contributed by atoms with Gasteiger partial charge in [-0.25, -0.2) is 4.79 Å². The van der Waals surface area contributed by atoms with Crippen LogP contribution >= 0.6 is 0 Å². The normalized spacial score (nSPS) is 11.3. The van der Waals surface area contributed by atoms with Crippen LogP contribution in [0.3, 0.4) is 0 Å². The first-order valence-corrected chi connectivity index (χ1v) is 3.40. The lowest BCUT2D eigenvalue weighted by molar-refractivity contribution is -0.132. The second kappa shape index (κ2) is 4.51. The van der Waals surface area contributed by atoms with Gasteiger partial charge in [0.25, 0.3) is 0 Å². The summed E-state index contributed by atoms with van der Waals surface area (Å²) < 4.78 is 0. The van der Waals surface area contributed by atoms with E-state index in [0.29, 0.717) is 6.42 Å². The first kappa shape index (κ1) is 9.70. The molecule has 0 aliphatic carbocycles. The SMILES string of the molecule is CC(C)C/C(=C/C#N)C(=O)O. The van der Waals surface area contributed by atoms with Crippen molar-refractivity contribution in [3.8, 4) is 6.07 Å². The van der Waals surface area contributed by atoms with Crippen LogP contribution < -0.4 is 0 Å². The van der Waals surface area contributed by atoms with Gasteiger partial charge < -0.3 is 5.11 Å². The fraction of sp³-hybridized carbons (Fsp3) is 0.500. The van der Waals surface area contributed by atoms with Crippen molar-refractivity contribution in [2.24, 2.45) is 5.92 Å². The molecular formula is C8H11NO2. The first-order valence-electron chi connectivity index (χ1n) is 3.40. The monoisotopic (exact) mass is 153 g/mol. The van der Waals surface area contributed by atoms with Gasteiger partial charge in [0.15, 0.2) is 0 Å². The molecule has 0 saturated heterocycles. The highest BCUT2D eigenvalue weighted by molar-refractivity contribution is 5.87. The number of nitrogens with zero attached hydrogens (tertiary/aromatic N) is 1. The van der Waals surface area contributed by atoms with Crippen molar-refractivity contribution >= 4 is 5.97 Å². The van der Waals surface area contributed by atoms with Crippen molar-refractivity contribution < 1.29 is 9.90 Å². The zero-order chi connectivity index (χ0) is 8.85. The zero-order valence-electron chi connectivity index (χ0n) is 6.66. The quantitative estimate of drug-likeness (QED) is 0.494. The van der Waals surface area contributed by atoms with Crippen molar-refractivity contribution in [3.63, 3.8) is 0 Å². The minimum atomic E-state index is -1.000. The lowest BCUT2D eigenvalue weighted by atomic mass is 10.0. The number of carbonyl (C=O) groups is 1. The van der Waals surface area contributed by atoms with E-state index in [1.165, 1.54) is 0 Å². The van der Waals surface area contributed by atoms with Gasteiger partial charge in [0, 0.05) is 11.6 Å². The molecule has 1 N–H and O–H groups in total. The van der Waals surface area contributed by atoms with Crippen LogP contribution in [0.4, 0.5) is 0 Å². The molecule has 0 aromatic heterocycles. The molecule has 0 atom stereocenters. The Bertz CT molecular complexity index is 211. The Kier molecular flexibility index (Phi) is 3.97. The molecule has 0 spiro atoms.